The van der Waals surface area contributed by atoms with Gasteiger partial charge >= 0.3 is 6.09 Å². The summed E-state index contributed by atoms with van der Waals surface area (Å²) in [6.45, 7) is 13.9. The van der Waals surface area contributed by atoms with Gasteiger partial charge in [0, 0.05) is 52.4 Å². The van der Waals surface area contributed by atoms with Crippen molar-refractivity contribution in [3.63, 3.8) is 0 Å². The molecule has 0 radical (unpaired) electrons. The molecule has 0 spiro atoms. The molecule has 2 heterocycles. The second-order valence-electron chi connectivity index (χ2n) is 6.57. The van der Waals surface area contributed by atoms with Crippen LogP contribution < -0.4 is 5.32 Å². The third kappa shape index (κ3) is 6.99. The normalized spacial score (nSPS) is 19.5. The second kappa shape index (κ2) is 12.0. The fourth-order valence-corrected chi connectivity index (χ4v) is 3.20. The molecular formula is C18H35N5O3. The van der Waals surface area contributed by atoms with Crippen molar-refractivity contribution in [3.8, 4) is 0 Å². The van der Waals surface area contributed by atoms with Crippen molar-refractivity contribution in [3.05, 3.63) is 0 Å². The maximum absolute atomic E-state index is 11.8. The number of guanidine groups is 1. The van der Waals surface area contributed by atoms with Gasteiger partial charge in [-0.15, -0.1) is 0 Å². The van der Waals surface area contributed by atoms with E-state index in [2.05, 4.69) is 22.0 Å². The van der Waals surface area contributed by atoms with Crippen LogP contribution in [0.2, 0.25) is 0 Å². The zero-order valence-corrected chi connectivity index (χ0v) is 16.4. The van der Waals surface area contributed by atoms with Crippen LogP contribution in [0.3, 0.4) is 0 Å². The van der Waals surface area contributed by atoms with E-state index in [0.717, 1.165) is 71.4 Å². The van der Waals surface area contributed by atoms with Gasteiger partial charge in [0.05, 0.1) is 19.8 Å². The maximum Gasteiger partial charge on any atom is 0.409 e. The third-order valence-electron chi connectivity index (χ3n) is 4.69. The highest BCUT2D eigenvalue weighted by atomic mass is 16.6. The number of carbonyl (C=O) groups is 1. The molecule has 1 amide bonds. The molecule has 0 aromatic heterocycles. The van der Waals surface area contributed by atoms with Gasteiger partial charge in [0.25, 0.3) is 0 Å². The SMILES string of the molecule is CCNC(=NCCCCN1CCOCC1)N1CCN(C(=O)OCC)CC1. The van der Waals surface area contributed by atoms with Crippen LogP contribution in [0.25, 0.3) is 0 Å². The number of ether oxygens (including phenoxy) is 2. The lowest BCUT2D eigenvalue weighted by molar-refractivity contribution is 0.0373. The Hall–Kier alpha value is -1.54. The van der Waals surface area contributed by atoms with Crippen LogP contribution >= 0.6 is 0 Å². The summed E-state index contributed by atoms with van der Waals surface area (Å²) in [6, 6.07) is 0. The summed E-state index contributed by atoms with van der Waals surface area (Å²) in [4.78, 5) is 23.1. The molecule has 2 aliphatic rings. The Morgan fingerprint density at radius 1 is 1.04 bits per heavy atom. The first kappa shape index (κ1) is 20.8. The zero-order valence-electron chi connectivity index (χ0n) is 16.4. The van der Waals surface area contributed by atoms with Crippen LogP contribution in [0.4, 0.5) is 4.79 Å². The Morgan fingerprint density at radius 3 is 2.38 bits per heavy atom. The number of hydrogen-bond donors (Lipinski definition) is 1. The fourth-order valence-electron chi connectivity index (χ4n) is 3.20. The van der Waals surface area contributed by atoms with Gasteiger partial charge in [0.1, 0.15) is 0 Å². The molecule has 150 valence electrons. The highest BCUT2D eigenvalue weighted by Gasteiger charge is 2.23. The molecule has 2 saturated heterocycles. The lowest BCUT2D eigenvalue weighted by atomic mass is 10.3. The van der Waals surface area contributed by atoms with Gasteiger partial charge in [-0.1, -0.05) is 0 Å². The Bertz CT molecular complexity index is 433. The molecule has 8 heteroatoms. The topological polar surface area (TPSA) is 69.6 Å². The van der Waals surface area contributed by atoms with Gasteiger partial charge < -0.3 is 24.6 Å². The predicted octanol–water partition coefficient (Wildman–Crippen LogP) is 0.838. The average molecular weight is 370 g/mol. The molecule has 2 rings (SSSR count). The first-order valence-corrected chi connectivity index (χ1v) is 9.99. The molecule has 1 N–H and O–H groups in total. The molecule has 0 aromatic rings. The van der Waals surface area contributed by atoms with E-state index in [9.17, 15) is 4.79 Å². The van der Waals surface area contributed by atoms with Crippen molar-refractivity contribution in [2.75, 3.05) is 78.7 Å². The monoisotopic (exact) mass is 369 g/mol. The molecule has 0 bridgehead atoms. The first-order chi connectivity index (χ1) is 12.7. The summed E-state index contributed by atoms with van der Waals surface area (Å²) < 4.78 is 10.5. The van der Waals surface area contributed by atoms with Gasteiger partial charge in [-0.25, -0.2) is 4.79 Å². The highest BCUT2D eigenvalue weighted by molar-refractivity contribution is 5.80. The van der Waals surface area contributed by atoms with Gasteiger partial charge in [0.15, 0.2) is 5.96 Å². The van der Waals surface area contributed by atoms with Crippen molar-refractivity contribution in [2.24, 2.45) is 4.99 Å². The standard InChI is InChI=1S/C18H35N5O3/c1-3-19-17(20-7-5-6-8-21-13-15-25-16-14-21)22-9-11-23(12-10-22)18(24)26-4-2/h3-16H2,1-2H3,(H,19,20). The van der Waals surface area contributed by atoms with E-state index in [0.29, 0.717) is 19.7 Å². The van der Waals surface area contributed by atoms with E-state index in [-0.39, 0.29) is 6.09 Å². The Labute approximate surface area is 157 Å². The Kier molecular flexibility index (Phi) is 9.55. The van der Waals surface area contributed by atoms with Gasteiger partial charge in [-0.05, 0) is 33.2 Å². The summed E-state index contributed by atoms with van der Waals surface area (Å²) in [6.07, 6.45) is 2.05. The number of piperazine rings is 1. The summed E-state index contributed by atoms with van der Waals surface area (Å²) in [7, 11) is 0. The smallest absolute Gasteiger partial charge is 0.409 e. The zero-order chi connectivity index (χ0) is 18.6. The third-order valence-corrected chi connectivity index (χ3v) is 4.69. The minimum atomic E-state index is -0.211. The molecule has 0 unspecified atom stereocenters. The van der Waals surface area contributed by atoms with Crippen molar-refractivity contribution in [1.82, 2.24) is 20.0 Å². The van der Waals surface area contributed by atoms with Crippen LogP contribution in [-0.4, -0.2) is 105 Å². The molecule has 8 nitrogen and oxygen atoms in total. The lowest BCUT2D eigenvalue weighted by Crippen LogP contribution is -2.53. The number of rotatable bonds is 7. The molecule has 0 atom stereocenters. The van der Waals surface area contributed by atoms with Crippen LogP contribution in [0.5, 0.6) is 0 Å². The fraction of sp³-hybridized carbons (Fsp3) is 0.889. The Morgan fingerprint density at radius 2 is 1.73 bits per heavy atom. The predicted molar refractivity (Wildman–Crippen MR) is 103 cm³/mol. The van der Waals surface area contributed by atoms with E-state index in [1.54, 1.807) is 4.90 Å². The van der Waals surface area contributed by atoms with Crippen molar-refractivity contribution < 1.29 is 14.3 Å². The van der Waals surface area contributed by atoms with Crippen molar-refractivity contribution in [1.29, 1.82) is 0 Å². The summed E-state index contributed by atoms with van der Waals surface area (Å²) in [5.74, 6) is 0.961. The highest BCUT2D eigenvalue weighted by Crippen LogP contribution is 2.05. The number of unbranched alkanes of at least 4 members (excludes halogenated alkanes) is 1. The lowest BCUT2D eigenvalue weighted by Gasteiger charge is -2.35. The van der Waals surface area contributed by atoms with Crippen LogP contribution in [0.15, 0.2) is 4.99 Å². The average Bonchev–Trinajstić information content (AvgIpc) is 2.68. The van der Waals surface area contributed by atoms with Gasteiger partial charge in [-0.3, -0.25) is 9.89 Å². The van der Waals surface area contributed by atoms with Crippen molar-refractivity contribution >= 4 is 12.1 Å². The largest absolute Gasteiger partial charge is 0.450 e. The summed E-state index contributed by atoms with van der Waals surface area (Å²) in [5, 5.41) is 3.38. The minimum Gasteiger partial charge on any atom is -0.450 e. The van der Waals surface area contributed by atoms with E-state index in [1.165, 1.54) is 6.42 Å². The molecular weight excluding hydrogens is 334 g/mol. The van der Waals surface area contributed by atoms with E-state index in [1.807, 2.05) is 6.92 Å². The quantitative estimate of drug-likeness (QED) is 0.407. The van der Waals surface area contributed by atoms with E-state index < -0.39 is 0 Å². The van der Waals surface area contributed by atoms with E-state index in [4.69, 9.17) is 14.5 Å². The van der Waals surface area contributed by atoms with Crippen LogP contribution in [0.1, 0.15) is 26.7 Å². The number of carbonyl (C=O) groups excluding carboxylic acids is 1. The molecule has 0 aromatic carbocycles. The number of nitrogens with zero attached hydrogens (tertiary/aromatic N) is 4. The number of hydrogen-bond acceptors (Lipinski definition) is 5. The molecule has 2 aliphatic heterocycles. The van der Waals surface area contributed by atoms with Crippen LogP contribution in [0, 0.1) is 0 Å². The molecule has 0 aliphatic carbocycles. The van der Waals surface area contributed by atoms with E-state index >= 15 is 0 Å². The van der Waals surface area contributed by atoms with Gasteiger partial charge in [-0.2, -0.15) is 0 Å². The number of nitrogens with one attached hydrogen (secondary N) is 1. The van der Waals surface area contributed by atoms with Gasteiger partial charge in [0.2, 0.25) is 0 Å². The molecule has 2 fully saturated rings. The number of morpholine rings is 1. The minimum absolute atomic E-state index is 0.211. The maximum atomic E-state index is 11.8. The van der Waals surface area contributed by atoms with Crippen molar-refractivity contribution in [2.45, 2.75) is 26.7 Å². The number of aliphatic imine (C=N–C) groups is 1. The first-order valence-electron chi connectivity index (χ1n) is 9.99. The second-order valence-corrected chi connectivity index (χ2v) is 6.57. The molecule has 26 heavy (non-hydrogen) atoms. The summed E-state index contributed by atoms with van der Waals surface area (Å²) >= 11 is 0. The summed E-state index contributed by atoms with van der Waals surface area (Å²) in [5.41, 5.74) is 0. The van der Waals surface area contributed by atoms with Crippen LogP contribution in [-0.2, 0) is 9.47 Å². The molecule has 0 saturated carbocycles. The Balaban J connectivity index is 1.69. The number of amides is 1.